The third-order valence-corrected chi connectivity index (χ3v) is 5.70. The molecule has 0 unspecified atom stereocenters. The molecule has 1 aromatic carbocycles. The van der Waals surface area contributed by atoms with Crippen molar-refractivity contribution in [2.45, 2.75) is 45.6 Å². The third-order valence-electron chi connectivity index (χ3n) is 4.00. The van der Waals surface area contributed by atoms with Crippen molar-refractivity contribution in [2.75, 3.05) is 18.9 Å². The molecule has 0 atom stereocenters. The lowest BCUT2D eigenvalue weighted by Crippen LogP contribution is -2.23. The second kappa shape index (κ2) is 6.30. The van der Waals surface area contributed by atoms with Gasteiger partial charge in [0.05, 0.1) is 6.61 Å². The van der Waals surface area contributed by atoms with Crippen LogP contribution in [0.1, 0.15) is 27.0 Å². The van der Waals surface area contributed by atoms with Crippen LogP contribution in [0.15, 0.2) is 0 Å². The lowest BCUT2D eigenvalue weighted by atomic mass is 9.95. The minimum Gasteiger partial charge on any atom is -0.493 e. The van der Waals surface area contributed by atoms with Crippen LogP contribution < -0.4 is 10.5 Å². The second-order valence-electron chi connectivity index (χ2n) is 6.91. The Morgan fingerprint density at radius 3 is 2.64 bits per heavy atom. The van der Waals surface area contributed by atoms with Gasteiger partial charge >= 0.3 is 5.97 Å². The van der Waals surface area contributed by atoms with Crippen molar-refractivity contribution >= 4 is 19.7 Å². The molecule has 1 aliphatic rings. The summed E-state index contributed by atoms with van der Waals surface area (Å²) in [4.78, 5) is 12.1. The fourth-order valence-electron chi connectivity index (χ4n) is 2.57. The van der Waals surface area contributed by atoms with E-state index in [9.17, 15) is 9.90 Å². The number of carbonyl (C=O) groups excluding carboxylic acids is 1. The predicted molar refractivity (Wildman–Crippen MR) is 89.1 cm³/mol. The van der Waals surface area contributed by atoms with Crippen molar-refractivity contribution in [1.29, 1.82) is 0 Å². The molecule has 6 heteroatoms. The van der Waals surface area contributed by atoms with Gasteiger partial charge in [-0.15, -0.1) is 0 Å². The van der Waals surface area contributed by atoms with E-state index in [4.69, 9.17) is 15.2 Å². The molecule has 0 saturated heterocycles. The maximum atomic E-state index is 12.1. The highest BCUT2D eigenvalue weighted by Gasteiger charge is 2.32. The molecule has 0 bridgehead atoms. The summed E-state index contributed by atoms with van der Waals surface area (Å²) in [5, 5.41) is 9.31. The Kier molecular flexibility index (Phi) is 4.82. The number of rotatable bonds is 6. The van der Waals surface area contributed by atoms with Crippen LogP contribution in [0.3, 0.4) is 0 Å². The number of aliphatic hydroxyl groups excluding tert-OH is 1. The fourth-order valence-corrected chi connectivity index (χ4v) is 3.29. The van der Waals surface area contributed by atoms with Crippen LogP contribution in [0, 0.1) is 6.92 Å². The zero-order chi connectivity index (χ0) is 16.5. The van der Waals surface area contributed by atoms with E-state index >= 15 is 0 Å². The first kappa shape index (κ1) is 16.8. The van der Waals surface area contributed by atoms with Gasteiger partial charge in [-0.2, -0.15) is 0 Å². The summed E-state index contributed by atoms with van der Waals surface area (Å²) in [6, 6.07) is 0.989. The Hall–Kier alpha value is -1.53. The standard InChI is InChI=1S/C16H25NO4Si/c1-10-12-9-21-16(19)13(12)15(11(5-6-18)14(10)17)20-7-8-22(2,3)4/h18H,5-9,17H2,1-4H3. The molecular weight excluding hydrogens is 298 g/mol. The monoisotopic (exact) mass is 323 g/mol. The van der Waals surface area contributed by atoms with Crippen LogP contribution in [0.25, 0.3) is 0 Å². The Morgan fingerprint density at radius 1 is 1.36 bits per heavy atom. The summed E-state index contributed by atoms with van der Waals surface area (Å²) in [6.45, 7) is 9.45. The normalized spacial score (nSPS) is 14.0. The zero-order valence-corrected chi connectivity index (χ0v) is 14.8. The minimum atomic E-state index is -1.24. The van der Waals surface area contributed by atoms with E-state index in [1.54, 1.807) is 0 Å². The number of aliphatic hydroxyl groups is 1. The molecule has 0 aliphatic carbocycles. The maximum Gasteiger partial charge on any atom is 0.342 e. The quantitative estimate of drug-likeness (QED) is 0.477. The minimum absolute atomic E-state index is 0.0398. The molecule has 0 amide bonds. The van der Waals surface area contributed by atoms with Crippen LogP contribution in [0.5, 0.6) is 5.75 Å². The molecule has 22 heavy (non-hydrogen) atoms. The molecule has 0 saturated carbocycles. The molecule has 0 radical (unpaired) electrons. The second-order valence-corrected chi connectivity index (χ2v) is 12.5. The van der Waals surface area contributed by atoms with Crippen molar-refractivity contribution in [3.8, 4) is 5.75 Å². The number of esters is 1. The summed E-state index contributed by atoms with van der Waals surface area (Å²) < 4.78 is 11.1. The van der Waals surface area contributed by atoms with Crippen LogP contribution in [-0.4, -0.2) is 32.4 Å². The molecule has 1 aliphatic heterocycles. The van der Waals surface area contributed by atoms with Crippen molar-refractivity contribution < 1.29 is 19.4 Å². The fraction of sp³-hybridized carbons (Fsp3) is 0.562. The number of hydrogen-bond acceptors (Lipinski definition) is 5. The van der Waals surface area contributed by atoms with E-state index in [-0.39, 0.29) is 19.2 Å². The zero-order valence-electron chi connectivity index (χ0n) is 13.8. The van der Waals surface area contributed by atoms with Gasteiger partial charge in [-0.1, -0.05) is 19.6 Å². The number of benzene rings is 1. The summed E-state index contributed by atoms with van der Waals surface area (Å²) in [5.74, 6) is 0.146. The number of hydrogen-bond donors (Lipinski definition) is 2. The van der Waals surface area contributed by atoms with Crippen molar-refractivity contribution in [3.63, 3.8) is 0 Å². The van der Waals surface area contributed by atoms with Gasteiger partial charge in [0.25, 0.3) is 0 Å². The largest absolute Gasteiger partial charge is 0.493 e. The lowest BCUT2D eigenvalue weighted by molar-refractivity contribution is 0.0532. The first-order valence-electron chi connectivity index (χ1n) is 7.61. The van der Waals surface area contributed by atoms with Gasteiger partial charge in [0.1, 0.15) is 17.9 Å². The number of ether oxygens (including phenoxy) is 2. The van der Waals surface area contributed by atoms with Gasteiger partial charge in [-0.3, -0.25) is 0 Å². The van der Waals surface area contributed by atoms with Gasteiger partial charge in [0.2, 0.25) is 0 Å². The molecule has 0 aromatic heterocycles. The van der Waals surface area contributed by atoms with E-state index in [1.807, 2.05) is 6.92 Å². The SMILES string of the molecule is Cc1c(N)c(CCO)c(OCC[Si](C)(C)C)c2c1COC2=O. The summed E-state index contributed by atoms with van der Waals surface area (Å²) in [5.41, 5.74) is 9.66. The van der Waals surface area contributed by atoms with Gasteiger partial charge < -0.3 is 20.3 Å². The first-order valence-corrected chi connectivity index (χ1v) is 11.3. The number of cyclic esters (lactones) is 1. The molecule has 1 aromatic rings. The number of carbonyl (C=O) groups is 1. The van der Waals surface area contributed by atoms with E-state index in [2.05, 4.69) is 19.6 Å². The van der Waals surface area contributed by atoms with Gasteiger partial charge in [0, 0.05) is 37.9 Å². The van der Waals surface area contributed by atoms with E-state index in [1.165, 1.54) is 0 Å². The highest BCUT2D eigenvalue weighted by atomic mass is 28.3. The molecule has 5 nitrogen and oxygen atoms in total. The van der Waals surface area contributed by atoms with Crippen LogP contribution in [0.2, 0.25) is 25.7 Å². The summed E-state index contributed by atoms with van der Waals surface area (Å²) in [7, 11) is -1.24. The van der Waals surface area contributed by atoms with Crippen molar-refractivity contribution in [2.24, 2.45) is 0 Å². The average molecular weight is 323 g/mol. The van der Waals surface area contributed by atoms with E-state index in [0.717, 1.165) is 17.2 Å². The average Bonchev–Trinajstić information content (AvgIpc) is 2.80. The maximum absolute atomic E-state index is 12.1. The van der Waals surface area contributed by atoms with Crippen molar-refractivity contribution in [3.05, 3.63) is 22.3 Å². The molecule has 2 rings (SSSR count). The van der Waals surface area contributed by atoms with Gasteiger partial charge in [0.15, 0.2) is 0 Å². The molecular formula is C16H25NO4Si. The lowest BCUT2D eigenvalue weighted by Gasteiger charge is -2.20. The molecule has 0 spiro atoms. The summed E-state index contributed by atoms with van der Waals surface area (Å²) in [6.07, 6.45) is 0.371. The highest BCUT2D eigenvalue weighted by Crippen LogP contribution is 2.40. The van der Waals surface area contributed by atoms with Gasteiger partial charge in [-0.05, 0) is 18.5 Å². The Bertz CT molecular complexity index is 593. The Morgan fingerprint density at radius 2 is 2.05 bits per heavy atom. The molecule has 1 heterocycles. The van der Waals surface area contributed by atoms with Crippen molar-refractivity contribution in [1.82, 2.24) is 0 Å². The topological polar surface area (TPSA) is 81.8 Å². The van der Waals surface area contributed by atoms with Gasteiger partial charge in [-0.25, -0.2) is 4.79 Å². The first-order chi connectivity index (χ1) is 10.3. The van der Waals surface area contributed by atoms with Crippen LogP contribution >= 0.6 is 0 Å². The smallest absolute Gasteiger partial charge is 0.342 e. The van der Waals surface area contributed by atoms with Crippen LogP contribution in [0.4, 0.5) is 5.69 Å². The predicted octanol–water partition coefficient (Wildman–Crippen LogP) is 2.50. The Labute approximate surface area is 132 Å². The summed E-state index contributed by atoms with van der Waals surface area (Å²) >= 11 is 0. The number of nitrogen functional groups attached to an aromatic ring is 1. The molecule has 122 valence electrons. The Balaban J connectivity index is 2.43. The third kappa shape index (κ3) is 3.28. The van der Waals surface area contributed by atoms with Crippen LogP contribution in [-0.2, 0) is 17.8 Å². The highest BCUT2D eigenvalue weighted by molar-refractivity contribution is 6.76. The van der Waals surface area contributed by atoms with E-state index < -0.39 is 8.07 Å². The molecule has 0 fully saturated rings. The number of anilines is 1. The number of fused-ring (bicyclic) bond motifs is 1. The number of nitrogens with two attached hydrogens (primary N) is 1. The molecule has 3 N–H and O–H groups in total. The van der Waals surface area contributed by atoms with E-state index in [0.29, 0.717) is 35.6 Å².